The molecule has 0 saturated heterocycles. The Morgan fingerprint density at radius 2 is 1.42 bits per heavy atom. The van der Waals surface area contributed by atoms with E-state index in [-0.39, 0.29) is 40.1 Å². The molecule has 1 aliphatic rings. The molecule has 1 heterocycles. The summed E-state index contributed by atoms with van der Waals surface area (Å²) in [7, 11) is 4.00. The number of carbonyl (C=O) groups excluding carboxylic acids is 2. The summed E-state index contributed by atoms with van der Waals surface area (Å²) in [6.07, 6.45) is 2.20. The third kappa shape index (κ3) is 5.29. The molecular weight excluding hydrogens is 472 g/mol. The van der Waals surface area contributed by atoms with Crippen LogP contribution in [-0.2, 0) is 17.4 Å². The van der Waals surface area contributed by atoms with Gasteiger partial charge in [-0.05, 0) is 97.0 Å². The van der Waals surface area contributed by atoms with Gasteiger partial charge >= 0.3 is 0 Å². The Labute approximate surface area is 227 Å². The summed E-state index contributed by atoms with van der Waals surface area (Å²) in [5, 5.41) is 0. The fourth-order valence-corrected chi connectivity index (χ4v) is 5.40. The van der Waals surface area contributed by atoms with Gasteiger partial charge in [-0.15, -0.1) is 0 Å². The smallest absolute Gasteiger partial charge is 0.290 e. The van der Waals surface area contributed by atoms with E-state index in [1.807, 2.05) is 64.0 Å². The first-order valence-corrected chi connectivity index (χ1v) is 13.6. The number of hydrogen-bond acceptors (Lipinski definition) is 4. The number of fused-ring (bicyclic) bond motifs is 1. The maximum Gasteiger partial charge on any atom is 0.290 e. The summed E-state index contributed by atoms with van der Waals surface area (Å²) in [5.74, 6) is -0.0213. The minimum Gasteiger partial charge on any atom is -0.447 e. The van der Waals surface area contributed by atoms with Crippen molar-refractivity contribution in [3.05, 3.63) is 87.9 Å². The van der Waals surface area contributed by atoms with E-state index in [2.05, 4.69) is 39.8 Å². The summed E-state index contributed by atoms with van der Waals surface area (Å²) >= 11 is 0. The van der Waals surface area contributed by atoms with Gasteiger partial charge in [-0.25, -0.2) is 0 Å². The standard InChI is InChI=1S/C33H42N2O3/c1-21(2)35(20-23-10-12-24(13-11-23)34(8)9)31(37)29-15-14-28(38-29)30(36)25-19-27-26(18-22(25)3)32(4,5)16-17-33(27,6)7/h10-15,18-19,21H,16-17,20H2,1-9H3. The van der Waals surface area contributed by atoms with Crippen LogP contribution in [0.4, 0.5) is 5.69 Å². The summed E-state index contributed by atoms with van der Waals surface area (Å²) in [4.78, 5) is 30.9. The predicted octanol–water partition coefficient (Wildman–Crippen LogP) is 7.28. The van der Waals surface area contributed by atoms with Gasteiger partial charge in [0.05, 0.1) is 0 Å². The lowest BCUT2D eigenvalue weighted by Gasteiger charge is -2.42. The monoisotopic (exact) mass is 514 g/mol. The number of aryl methyl sites for hydroxylation is 1. The molecule has 1 aromatic heterocycles. The summed E-state index contributed by atoms with van der Waals surface area (Å²) in [5.41, 5.74) is 6.36. The second-order valence-electron chi connectivity index (χ2n) is 12.6. The lowest BCUT2D eigenvalue weighted by molar-refractivity contribution is 0.0655. The van der Waals surface area contributed by atoms with Crippen LogP contribution in [0.3, 0.4) is 0 Å². The molecule has 4 rings (SSSR count). The van der Waals surface area contributed by atoms with Crippen LogP contribution < -0.4 is 4.90 Å². The van der Waals surface area contributed by atoms with E-state index in [0.717, 1.165) is 29.7 Å². The molecule has 0 N–H and O–H groups in total. The van der Waals surface area contributed by atoms with Gasteiger partial charge in [0.2, 0.25) is 5.78 Å². The molecule has 0 spiro atoms. The Balaban J connectivity index is 1.60. The molecule has 1 aliphatic carbocycles. The van der Waals surface area contributed by atoms with Crippen molar-refractivity contribution in [1.29, 1.82) is 0 Å². The van der Waals surface area contributed by atoms with Crippen LogP contribution in [0.5, 0.6) is 0 Å². The minimum atomic E-state index is -0.221. The fraction of sp³-hybridized carbons (Fsp3) is 0.455. The Kier molecular flexibility index (Phi) is 7.35. The highest BCUT2D eigenvalue weighted by atomic mass is 16.4. The average Bonchev–Trinajstić information content (AvgIpc) is 3.35. The summed E-state index contributed by atoms with van der Waals surface area (Å²) in [6, 6.07) is 15.6. The zero-order valence-corrected chi connectivity index (χ0v) is 24.4. The van der Waals surface area contributed by atoms with Crippen LogP contribution in [0.1, 0.15) is 103 Å². The number of benzene rings is 2. The Morgan fingerprint density at radius 3 is 1.97 bits per heavy atom. The molecule has 0 atom stereocenters. The molecule has 0 bridgehead atoms. The van der Waals surface area contributed by atoms with Crippen LogP contribution in [0.2, 0.25) is 0 Å². The number of nitrogens with zero attached hydrogens (tertiary/aromatic N) is 2. The lowest BCUT2D eigenvalue weighted by atomic mass is 9.62. The van der Waals surface area contributed by atoms with Gasteiger partial charge in [0.1, 0.15) is 0 Å². The van der Waals surface area contributed by atoms with E-state index < -0.39 is 0 Å². The van der Waals surface area contributed by atoms with Crippen molar-refractivity contribution in [3.8, 4) is 0 Å². The van der Waals surface area contributed by atoms with Gasteiger partial charge in [0.15, 0.2) is 11.5 Å². The van der Waals surface area contributed by atoms with E-state index in [1.54, 1.807) is 17.0 Å². The quantitative estimate of drug-likeness (QED) is 0.311. The van der Waals surface area contributed by atoms with Crippen LogP contribution in [0.25, 0.3) is 0 Å². The van der Waals surface area contributed by atoms with E-state index in [0.29, 0.717) is 12.1 Å². The number of amides is 1. The van der Waals surface area contributed by atoms with Crippen molar-refractivity contribution in [2.24, 2.45) is 0 Å². The number of ketones is 1. The first kappa shape index (κ1) is 27.7. The van der Waals surface area contributed by atoms with Crippen molar-refractivity contribution in [2.75, 3.05) is 19.0 Å². The number of furan rings is 1. The van der Waals surface area contributed by atoms with E-state index in [1.165, 1.54) is 11.1 Å². The molecule has 0 fully saturated rings. The molecule has 202 valence electrons. The topological polar surface area (TPSA) is 53.8 Å². The summed E-state index contributed by atoms with van der Waals surface area (Å²) in [6.45, 7) is 15.5. The number of hydrogen-bond donors (Lipinski definition) is 0. The minimum absolute atomic E-state index is 0.000383. The lowest BCUT2D eigenvalue weighted by Crippen LogP contribution is -2.36. The molecule has 38 heavy (non-hydrogen) atoms. The van der Waals surface area contributed by atoms with Crippen molar-refractivity contribution < 1.29 is 14.0 Å². The Morgan fingerprint density at radius 1 is 0.868 bits per heavy atom. The van der Waals surface area contributed by atoms with Gasteiger partial charge < -0.3 is 14.2 Å². The third-order valence-electron chi connectivity index (χ3n) is 8.17. The number of rotatable bonds is 7. The molecule has 5 heteroatoms. The first-order chi connectivity index (χ1) is 17.7. The first-order valence-electron chi connectivity index (χ1n) is 13.6. The number of carbonyl (C=O) groups is 2. The molecular formula is C33H42N2O3. The van der Waals surface area contributed by atoms with E-state index in [9.17, 15) is 9.59 Å². The van der Waals surface area contributed by atoms with Crippen molar-refractivity contribution in [2.45, 2.75) is 84.7 Å². The van der Waals surface area contributed by atoms with Crippen LogP contribution >= 0.6 is 0 Å². The molecule has 0 aliphatic heterocycles. The normalized spacial score (nSPS) is 15.7. The van der Waals surface area contributed by atoms with Crippen molar-refractivity contribution in [1.82, 2.24) is 4.90 Å². The third-order valence-corrected chi connectivity index (χ3v) is 8.17. The molecule has 5 nitrogen and oxygen atoms in total. The van der Waals surface area contributed by atoms with Gasteiger partial charge in [0.25, 0.3) is 5.91 Å². The van der Waals surface area contributed by atoms with Crippen molar-refractivity contribution in [3.63, 3.8) is 0 Å². The molecule has 3 aromatic rings. The fourth-order valence-electron chi connectivity index (χ4n) is 5.40. The molecule has 2 aromatic carbocycles. The average molecular weight is 515 g/mol. The zero-order valence-electron chi connectivity index (χ0n) is 24.4. The van der Waals surface area contributed by atoms with Gasteiger partial charge in [-0.2, -0.15) is 0 Å². The highest BCUT2D eigenvalue weighted by molar-refractivity contribution is 6.09. The van der Waals surface area contributed by atoms with Crippen LogP contribution in [0.15, 0.2) is 52.9 Å². The van der Waals surface area contributed by atoms with Crippen LogP contribution in [0, 0.1) is 6.92 Å². The number of anilines is 1. The Hall–Kier alpha value is -3.34. The second-order valence-corrected chi connectivity index (χ2v) is 12.6. The molecule has 1 amide bonds. The van der Waals surface area contributed by atoms with Gasteiger partial charge in [-0.1, -0.05) is 45.9 Å². The maximum absolute atomic E-state index is 13.6. The van der Waals surface area contributed by atoms with E-state index >= 15 is 0 Å². The van der Waals surface area contributed by atoms with Gasteiger partial charge in [-0.3, -0.25) is 9.59 Å². The van der Waals surface area contributed by atoms with Crippen molar-refractivity contribution >= 4 is 17.4 Å². The molecule has 0 saturated carbocycles. The highest BCUT2D eigenvalue weighted by Crippen LogP contribution is 2.46. The summed E-state index contributed by atoms with van der Waals surface area (Å²) < 4.78 is 5.93. The zero-order chi connectivity index (χ0) is 28.0. The maximum atomic E-state index is 13.6. The highest BCUT2D eigenvalue weighted by Gasteiger charge is 2.38. The second kappa shape index (κ2) is 10.1. The predicted molar refractivity (Wildman–Crippen MR) is 154 cm³/mol. The van der Waals surface area contributed by atoms with Gasteiger partial charge in [0, 0.05) is 37.9 Å². The molecule has 0 radical (unpaired) electrons. The molecule has 0 unspecified atom stereocenters. The SMILES string of the molecule is Cc1cc2c(cc1C(=O)c1ccc(C(=O)N(Cc3ccc(N(C)C)cc3)C(C)C)o1)C(C)(C)CCC2(C)C. The van der Waals surface area contributed by atoms with E-state index in [4.69, 9.17) is 4.42 Å². The Bertz CT molecular complexity index is 1340. The van der Waals surface area contributed by atoms with Crippen LogP contribution in [-0.4, -0.2) is 36.7 Å². The largest absolute Gasteiger partial charge is 0.447 e.